The summed E-state index contributed by atoms with van der Waals surface area (Å²) in [6.45, 7) is 8.33. The third kappa shape index (κ3) is 5.43. The number of likely N-dealkylation sites (N-methyl/N-ethyl adjacent to an activating group) is 1. The van der Waals surface area contributed by atoms with Gasteiger partial charge in [0, 0.05) is 29.9 Å². The molecule has 1 atom stereocenters. The van der Waals surface area contributed by atoms with Gasteiger partial charge in [-0.3, -0.25) is 4.98 Å². The molecule has 3 N–H and O–H groups in total. The molecule has 0 saturated heterocycles. The van der Waals surface area contributed by atoms with Gasteiger partial charge in [0.1, 0.15) is 36.0 Å². The standard InChI is InChI=1S/C24H28N4O3/c1-4-28(5-2)14-18(29)15-30-24-12-22-20(11-17(24)13-25)23(8-9-27-22)31-19-6-7-21(26)16(3)10-19/h6-12,18,29H,4-5,14-15,26H2,1-3H3/t18-/m1/s1. The number of ether oxygens (including phenoxy) is 2. The second kappa shape index (κ2) is 10.1. The minimum atomic E-state index is -0.654. The molecule has 0 fully saturated rings. The SMILES string of the molecule is CCN(CC)C[C@@H](O)COc1cc2nccc(Oc3ccc(N)c(C)c3)c2cc1C#N. The van der Waals surface area contributed by atoms with Crippen molar-refractivity contribution in [2.45, 2.75) is 26.9 Å². The number of aryl methyl sites for hydroxylation is 1. The van der Waals surface area contributed by atoms with E-state index in [-0.39, 0.29) is 6.61 Å². The number of hydrogen-bond acceptors (Lipinski definition) is 7. The molecule has 3 aromatic rings. The lowest BCUT2D eigenvalue weighted by molar-refractivity contribution is 0.0716. The molecule has 7 nitrogen and oxygen atoms in total. The Bertz CT molecular complexity index is 1090. The molecule has 2 aromatic carbocycles. The fourth-order valence-corrected chi connectivity index (χ4v) is 3.30. The van der Waals surface area contributed by atoms with Crippen LogP contribution in [0, 0.1) is 18.3 Å². The lowest BCUT2D eigenvalue weighted by atomic mass is 10.1. The zero-order valence-corrected chi connectivity index (χ0v) is 18.1. The van der Waals surface area contributed by atoms with Crippen LogP contribution in [-0.4, -0.2) is 47.3 Å². The number of nitrogens with zero attached hydrogens (tertiary/aromatic N) is 3. The van der Waals surface area contributed by atoms with Gasteiger partial charge >= 0.3 is 0 Å². The second-order valence-electron chi connectivity index (χ2n) is 7.36. The van der Waals surface area contributed by atoms with Crippen molar-refractivity contribution in [2.24, 2.45) is 0 Å². The summed E-state index contributed by atoms with van der Waals surface area (Å²) in [4.78, 5) is 6.51. The van der Waals surface area contributed by atoms with Crippen molar-refractivity contribution in [1.82, 2.24) is 9.88 Å². The van der Waals surface area contributed by atoms with E-state index in [9.17, 15) is 10.4 Å². The number of aromatic nitrogens is 1. The van der Waals surface area contributed by atoms with Gasteiger partial charge in [-0.05, 0) is 55.9 Å². The molecule has 0 bridgehead atoms. The van der Waals surface area contributed by atoms with Gasteiger partial charge in [-0.2, -0.15) is 5.26 Å². The number of nitrogen functional groups attached to an aromatic ring is 1. The van der Waals surface area contributed by atoms with Gasteiger partial charge in [-0.25, -0.2) is 0 Å². The van der Waals surface area contributed by atoms with Gasteiger partial charge in [0.05, 0.1) is 11.1 Å². The highest BCUT2D eigenvalue weighted by atomic mass is 16.5. The Morgan fingerprint density at radius 2 is 1.94 bits per heavy atom. The van der Waals surface area contributed by atoms with E-state index in [0.717, 1.165) is 18.7 Å². The molecule has 0 aliphatic rings. The van der Waals surface area contributed by atoms with Crippen LogP contribution in [0.1, 0.15) is 25.0 Å². The topological polar surface area (TPSA) is 105 Å². The van der Waals surface area contributed by atoms with Gasteiger partial charge in [0.25, 0.3) is 0 Å². The lowest BCUT2D eigenvalue weighted by Gasteiger charge is -2.22. The van der Waals surface area contributed by atoms with Gasteiger partial charge in [-0.1, -0.05) is 13.8 Å². The van der Waals surface area contributed by atoms with Crippen molar-refractivity contribution >= 4 is 16.6 Å². The van der Waals surface area contributed by atoms with Crippen LogP contribution < -0.4 is 15.2 Å². The third-order valence-electron chi connectivity index (χ3n) is 5.19. The summed E-state index contributed by atoms with van der Waals surface area (Å²) in [5.74, 6) is 1.62. The number of nitriles is 1. The van der Waals surface area contributed by atoms with E-state index in [2.05, 4.69) is 16.0 Å². The maximum atomic E-state index is 10.3. The molecule has 0 spiro atoms. The maximum Gasteiger partial charge on any atom is 0.139 e. The fraction of sp³-hybridized carbons (Fsp3) is 0.333. The van der Waals surface area contributed by atoms with Crippen molar-refractivity contribution < 1.29 is 14.6 Å². The molecular weight excluding hydrogens is 392 g/mol. The van der Waals surface area contributed by atoms with Crippen LogP contribution in [0.25, 0.3) is 10.9 Å². The van der Waals surface area contributed by atoms with Gasteiger partial charge in [0.15, 0.2) is 0 Å². The molecule has 0 unspecified atom stereocenters. The van der Waals surface area contributed by atoms with Crippen LogP contribution in [0.3, 0.4) is 0 Å². The average molecular weight is 421 g/mol. The highest BCUT2D eigenvalue weighted by molar-refractivity contribution is 5.88. The Morgan fingerprint density at radius 3 is 2.61 bits per heavy atom. The molecule has 0 amide bonds. The summed E-state index contributed by atoms with van der Waals surface area (Å²) >= 11 is 0. The number of aliphatic hydroxyl groups excluding tert-OH is 1. The fourth-order valence-electron chi connectivity index (χ4n) is 3.30. The van der Waals surface area contributed by atoms with Crippen LogP contribution in [0.4, 0.5) is 5.69 Å². The first-order chi connectivity index (χ1) is 14.9. The van der Waals surface area contributed by atoms with E-state index in [1.165, 1.54) is 0 Å². The third-order valence-corrected chi connectivity index (χ3v) is 5.19. The summed E-state index contributed by atoms with van der Waals surface area (Å²) < 4.78 is 11.8. The molecule has 3 rings (SSSR count). The molecule has 0 radical (unpaired) electrons. The molecule has 0 aliphatic carbocycles. The molecular formula is C24H28N4O3. The summed E-state index contributed by atoms with van der Waals surface area (Å²) in [6.07, 6.45) is 0.992. The number of rotatable bonds is 9. The summed E-state index contributed by atoms with van der Waals surface area (Å²) in [7, 11) is 0. The first-order valence-corrected chi connectivity index (χ1v) is 10.3. The lowest BCUT2D eigenvalue weighted by Crippen LogP contribution is -2.35. The molecule has 162 valence electrons. The highest BCUT2D eigenvalue weighted by Gasteiger charge is 2.14. The van der Waals surface area contributed by atoms with Gasteiger partial charge in [0.2, 0.25) is 0 Å². The van der Waals surface area contributed by atoms with Crippen molar-refractivity contribution in [1.29, 1.82) is 5.26 Å². The Kier molecular flexibility index (Phi) is 7.29. The van der Waals surface area contributed by atoms with Crippen molar-refractivity contribution in [2.75, 3.05) is 32.0 Å². The normalized spacial score (nSPS) is 12.0. The van der Waals surface area contributed by atoms with Crippen LogP contribution >= 0.6 is 0 Å². The molecule has 1 aromatic heterocycles. The summed E-state index contributed by atoms with van der Waals surface area (Å²) in [5, 5.41) is 20.6. The minimum absolute atomic E-state index is 0.0948. The van der Waals surface area contributed by atoms with E-state index < -0.39 is 6.10 Å². The van der Waals surface area contributed by atoms with E-state index in [4.69, 9.17) is 15.2 Å². The van der Waals surface area contributed by atoms with Crippen molar-refractivity contribution in [3.05, 3.63) is 53.7 Å². The second-order valence-corrected chi connectivity index (χ2v) is 7.36. The maximum absolute atomic E-state index is 10.3. The van der Waals surface area contributed by atoms with Crippen molar-refractivity contribution in [3.8, 4) is 23.3 Å². The first-order valence-electron chi connectivity index (χ1n) is 10.3. The molecule has 0 saturated carbocycles. The predicted molar refractivity (Wildman–Crippen MR) is 121 cm³/mol. The van der Waals surface area contributed by atoms with Crippen LogP contribution in [0.2, 0.25) is 0 Å². The van der Waals surface area contributed by atoms with E-state index >= 15 is 0 Å². The number of aliphatic hydroxyl groups is 1. The number of benzene rings is 2. The molecule has 1 heterocycles. The van der Waals surface area contributed by atoms with Crippen molar-refractivity contribution in [3.63, 3.8) is 0 Å². The Hall–Kier alpha value is -3.34. The summed E-state index contributed by atoms with van der Waals surface area (Å²) in [6, 6.07) is 12.8. The van der Waals surface area contributed by atoms with E-state index in [1.54, 1.807) is 36.5 Å². The number of hydrogen-bond donors (Lipinski definition) is 2. The van der Waals surface area contributed by atoms with E-state index in [0.29, 0.717) is 45.9 Å². The summed E-state index contributed by atoms with van der Waals surface area (Å²) in [5.41, 5.74) is 8.50. The number of nitrogens with two attached hydrogens (primary N) is 1. The van der Waals surface area contributed by atoms with Crippen LogP contribution in [0.5, 0.6) is 17.2 Å². The quantitative estimate of drug-likeness (QED) is 0.506. The minimum Gasteiger partial charge on any atom is -0.489 e. The monoisotopic (exact) mass is 420 g/mol. The molecule has 7 heteroatoms. The Labute approximate surface area is 182 Å². The molecule has 31 heavy (non-hydrogen) atoms. The smallest absolute Gasteiger partial charge is 0.139 e. The van der Waals surface area contributed by atoms with Gasteiger partial charge in [-0.15, -0.1) is 0 Å². The van der Waals surface area contributed by atoms with Gasteiger partial charge < -0.3 is 25.2 Å². The number of pyridine rings is 1. The number of anilines is 1. The Morgan fingerprint density at radius 1 is 1.16 bits per heavy atom. The van der Waals surface area contributed by atoms with E-state index in [1.807, 2.05) is 26.8 Å². The zero-order chi connectivity index (χ0) is 22.4. The highest BCUT2D eigenvalue weighted by Crippen LogP contribution is 2.33. The molecule has 0 aliphatic heterocycles. The van der Waals surface area contributed by atoms with Crippen LogP contribution in [0.15, 0.2) is 42.6 Å². The number of fused-ring (bicyclic) bond motifs is 1. The Balaban J connectivity index is 1.84. The first kappa shape index (κ1) is 22.3. The largest absolute Gasteiger partial charge is 0.489 e. The average Bonchev–Trinajstić information content (AvgIpc) is 2.78. The zero-order valence-electron chi connectivity index (χ0n) is 18.1. The predicted octanol–water partition coefficient (Wildman–Crippen LogP) is 3.87. The van der Waals surface area contributed by atoms with Crippen LogP contribution in [-0.2, 0) is 0 Å².